The Morgan fingerprint density at radius 3 is 2.79 bits per heavy atom. The van der Waals surface area contributed by atoms with Crippen LogP contribution >= 0.6 is 0 Å². The Bertz CT molecular complexity index is 326. The molecule has 76 valence electrons. The molecule has 0 aromatic heterocycles. The number of hydroxylamine groups is 1. The molecule has 1 aliphatic carbocycles. The van der Waals surface area contributed by atoms with Crippen molar-refractivity contribution in [3.63, 3.8) is 0 Å². The first-order valence-electron chi connectivity index (χ1n) is 4.44. The van der Waals surface area contributed by atoms with Gasteiger partial charge in [0.15, 0.2) is 18.0 Å². The average molecular weight is 195 g/mol. The fourth-order valence-electron chi connectivity index (χ4n) is 1.04. The molecular weight excluding hydrogens is 182 g/mol. The average Bonchev–Trinajstić information content (AvgIpc) is 2.09. The van der Waals surface area contributed by atoms with Gasteiger partial charge in [0.05, 0.1) is 0 Å². The Labute approximate surface area is 82.4 Å². The van der Waals surface area contributed by atoms with Crippen molar-refractivity contribution in [3.8, 4) is 0 Å². The molecule has 0 saturated carbocycles. The summed E-state index contributed by atoms with van der Waals surface area (Å²) in [5, 5.41) is 20.2. The standard InChI is InChI=1S/C10H13NO3/c1-7(2)11(14)6-8-3-4-9(12)5-10(8)13/h3-8,12H,1-2H3. The van der Waals surface area contributed by atoms with Gasteiger partial charge in [-0.1, -0.05) is 6.08 Å². The van der Waals surface area contributed by atoms with Crippen molar-refractivity contribution in [1.82, 2.24) is 0 Å². The molecule has 1 aliphatic rings. The van der Waals surface area contributed by atoms with Gasteiger partial charge in [-0.3, -0.25) is 4.79 Å². The third kappa shape index (κ3) is 2.45. The number of allylic oxidation sites excluding steroid dienone is 3. The van der Waals surface area contributed by atoms with Gasteiger partial charge in [-0.25, -0.2) is 4.74 Å². The highest BCUT2D eigenvalue weighted by Crippen LogP contribution is 2.09. The van der Waals surface area contributed by atoms with Crippen LogP contribution in [-0.2, 0) is 4.79 Å². The summed E-state index contributed by atoms with van der Waals surface area (Å²) in [6, 6.07) is -0.185. The Balaban J connectivity index is 2.79. The van der Waals surface area contributed by atoms with Crippen LogP contribution in [0.25, 0.3) is 0 Å². The second-order valence-corrected chi connectivity index (χ2v) is 3.46. The first kappa shape index (κ1) is 10.5. The lowest BCUT2D eigenvalue weighted by Gasteiger charge is -2.11. The number of aliphatic hydroxyl groups excluding tert-OH is 1. The van der Waals surface area contributed by atoms with Crippen LogP contribution in [0.1, 0.15) is 13.8 Å². The highest BCUT2D eigenvalue weighted by Gasteiger charge is 2.19. The molecule has 0 spiro atoms. The first-order valence-corrected chi connectivity index (χ1v) is 4.44. The first-order chi connectivity index (χ1) is 6.50. The molecule has 0 heterocycles. The summed E-state index contributed by atoms with van der Waals surface area (Å²) in [5.74, 6) is -0.890. The van der Waals surface area contributed by atoms with Crippen molar-refractivity contribution in [2.24, 2.45) is 5.92 Å². The van der Waals surface area contributed by atoms with Crippen molar-refractivity contribution < 1.29 is 14.6 Å². The minimum absolute atomic E-state index is 0.0679. The molecule has 0 radical (unpaired) electrons. The number of carbonyl (C=O) groups is 1. The summed E-state index contributed by atoms with van der Waals surface area (Å²) in [5.41, 5.74) is 0. The van der Waals surface area contributed by atoms with E-state index in [1.54, 1.807) is 13.8 Å². The van der Waals surface area contributed by atoms with Crippen LogP contribution in [0.3, 0.4) is 0 Å². The van der Waals surface area contributed by atoms with Crippen LogP contribution < -0.4 is 0 Å². The van der Waals surface area contributed by atoms with Crippen LogP contribution in [0.2, 0.25) is 0 Å². The molecule has 0 aromatic rings. The number of rotatable bonds is 2. The molecule has 0 aromatic carbocycles. The Hall–Kier alpha value is -1.58. The van der Waals surface area contributed by atoms with Gasteiger partial charge in [-0.05, 0) is 19.9 Å². The zero-order valence-corrected chi connectivity index (χ0v) is 8.18. The molecule has 1 unspecified atom stereocenters. The summed E-state index contributed by atoms with van der Waals surface area (Å²) in [7, 11) is 0. The summed E-state index contributed by atoms with van der Waals surface area (Å²) in [6.07, 6.45) is 5.35. The number of aliphatic hydroxyl groups is 1. The van der Waals surface area contributed by atoms with Crippen LogP contribution in [0.4, 0.5) is 0 Å². The molecule has 4 nitrogen and oxygen atoms in total. The second kappa shape index (κ2) is 4.09. The summed E-state index contributed by atoms with van der Waals surface area (Å²) in [6.45, 7) is 3.49. The fraction of sp³-hybridized carbons (Fsp3) is 0.400. The Morgan fingerprint density at radius 2 is 2.29 bits per heavy atom. The summed E-state index contributed by atoms with van der Waals surface area (Å²) < 4.78 is 0.739. The van der Waals surface area contributed by atoms with E-state index >= 15 is 0 Å². The molecule has 1 atom stereocenters. The minimum atomic E-state index is -0.550. The van der Waals surface area contributed by atoms with Crippen LogP contribution in [0, 0.1) is 11.1 Å². The van der Waals surface area contributed by atoms with Gasteiger partial charge in [0.1, 0.15) is 11.7 Å². The molecule has 1 rings (SSSR count). The molecule has 0 saturated heterocycles. The van der Waals surface area contributed by atoms with E-state index in [2.05, 4.69) is 0 Å². The fourth-order valence-corrected chi connectivity index (χ4v) is 1.04. The van der Waals surface area contributed by atoms with Gasteiger partial charge < -0.3 is 10.3 Å². The summed E-state index contributed by atoms with van der Waals surface area (Å²) in [4.78, 5) is 11.3. The van der Waals surface area contributed by atoms with E-state index in [1.807, 2.05) is 0 Å². The molecule has 0 fully saturated rings. The highest BCUT2D eigenvalue weighted by molar-refractivity contribution is 6.04. The van der Waals surface area contributed by atoms with Crippen molar-refractivity contribution in [2.75, 3.05) is 0 Å². The lowest BCUT2D eigenvalue weighted by atomic mass is 10.00. The van der Waals surface area contributed by atoms with E-state index in [9.17, 15) is 10.0 Å². The molecule has 0 amide bonds. The Kier molecular flexibility index (Phi) is 3.06. The number of hydrogen-bond acceptors (Lipinski definition) is 3. The van der Waals surface area contributed by atoms with Gasteiger partial charge in [0.2, 0.25) is 0 Å². The molecule has 14 heavy (non-hydrogen) atoms. The quantitative estimate of drug-likeness (QED) is 0.311. The van der Waals surface area contributed by atoms with Crippen LogP contribution in [0.5, 0.6) is 0 Å². The molecular formula is C10H13NO3. The van der Waals surface area contributed by atoms with E-state index in [4.69, 9.17) is 5.11 Å². The monoisotopic (exact) mass is 195 g/mol. The predicted molar refractivity (Wildman–Crippen MR) is 53.2 cm³/mol. The van der Waals surface area contributed by atoms with Crippen molar-refractivity contribution >= 4 is 12.0 Å². The van der Waals surface area contributed by atoms with Crippen LogP contribution in [0.15, 0.2) is 24.0 Å². The molecule has 1 N–H and O–H groups in total. The van der Waals surface area contributed by atoms with Gasteiger partial charge in [0.25, 0.3) is 0 Å². The van der Waals surface area contributed by atoms with Gasteiger partial charge in [-0.2, -0.15) is 0 Å². The lowest BCUT2D eigenvalue weighted by molar-refractivity contribution is -0.489. The molecule has 0 bridgehead atoms. The second-order valence-electron chi connectivity index (χ2n) is 3.46. The van der Waals surface area contributed by atoms with E-state index in [1.165, 1.54) is 18.4 Å². The van der Waals surface area contributed by atoms with Crippen LogP contribution in [-0.4, -0.2) is 27.9 Å². The van der Waals surface area contributed by atoms with E-state index in [0.29, 0.717) is 0 Å². The van der Waals surface area contributed by atoms with Crippen molar-refractivity contribution in [3.05, 3.63) is 29.2 Å². The largest absolute Gasteiger partial charge is 0.624 e. The van der Waals surface area contributed by atoms with Gasteiger partial charge >= 0.3 is 0 Å². The predicted octanol–water partition coefficient (Wildman–Crippen LogP) is 1.17. The zero-order chi connectivity index (χ0) is 10.7. The molecule has 4 heteroatoms. The molecule has 0 aliphatic heterocycles. The van der Waals surface area contributed by atoms with Gasteiger partial charge in [0, 0.05) is 6.08 Å². The normalized spacial score (nSPS) is 22.8. The number of hydrogen-bond donors (Lipinski definition) is 1. The third-order valence-electron chi connectivity index (χ3n) is 1.91. The third-order valence-corrected chi connectivity index (χ3v) is 1.91. The van der Waals surface area contributed by atoms with Crippen molar-refractivity contribution in [1.29, 1.82) is 0 Å². The minimum Gasteiger partial charge on any atom is -0.624 e. The zero-order valence-electron chi connectivity index (χ0n) is 8.18. The SMILES string of the molecule is CC(C)[N+]([O-])=CC1C=CC(O)=CC1=O. The topological polar surface area (TPSA) is 63.4 Å². The lowest BCUT2D eigenvalue weighted by Crippen LogP contribution is -2.23. The maximum Gasteiger partial charge on any atom is 0.176 e. The van der Waals surface area contributed by atoms with Crippen molar-refractivity contribution in [2.45, 2.75) is 19.9 Å². The number of nitrogens with zero attached hydrogens (tertiary/aromatic N) is 1. The maximum atomic E-state index is 11.3. The number of ketones is 1. The number of carbonyl (C=O) groups excluding carboxylic acids is 1. The van der Waals surface area contributed by atoms with Gasteiger partial charge in [-0.15, -0.1) is 0 Å². The van der Waals surface area contributed by atoms with E-state index < -0.39 is 5.92 Å². The summed E-state index contributed by atoms with van der Waals surface area (Å²) >= 11 is 0. The van der Waals surface area contributed by atoms with E-state index in [-0.39, 0.29) is 17.6 Å². The highest BCUT2D eigenvalue weighted by atomic mass is 16.5. The Morgan fingerprint density at radius 1 is 1.64 bits per heavy atom. The smallest absolute Gasteiger partial charge is 0.176 e. The maximum absolute atomic E-state index is 11.3. The van der Waals surface area contributed by atoms with E-state index in [0.717, 1.165) is 10.8 Å².